The summed E-state index contributed by atoms with van der Waals surface area (Å²) in [6.07, 6.45) is 0. The quantitative estimate of drug-likeness (QED) is 0.760. The molecule has 0 saturated carbocycles. The van der Waals surface area contributed by atoms with Gasteiger partial charge in [0, 0.05) is 16.7 Å². The number of nitrogens with one attached hydrogen (secondary N) is 1. The Morgan fingerprint density at radius 1 is 0.947 bits per heavy atom. The molecule has 1 aromatic heterocycles. The number of nitrogens with zero attached hydrogens (tertiary/aromatic N) is 1. The number of H-pyrrole nitrogens is 1. The average molecular weight is 271 g/mol. The minimum Gasteiger partial charge on any atom is -0.268 e. The van der Waals surface area contributed by atoms with Gasteiger partial charge in [-0.1, -0.05) is 41.9 Å². The summed E-state index contributed by atoms with van der Waals surface area (Å²) in [5, 5.41) is 3.44. The Balaban J connectivity index is 2.21. The van der Waals surface area contributed by atoms with Crippen molar-refractivity contribution >= 4 is 11.6 Å². The molecule has 0 fully saturated rings. The fourth-order valence-electron chi connectivity index (χ4n) is 2.03. The van der Waals surface area contributed by atoms with Crippen molar-refractivity contribution in [2.75, 3.05) is 0 Å². The zero-order valence-corrected chi connectivity index (χ0v) is 10.8. The van der Waals surface area contributed by atoms with Crippen LogP contribution in [0.15, 0.2) is 65.5 Å². The Hall–Kier alpha value is -2.26. The van der Waals surface area contributed by atoms with Crippen LogP contribution in [0.3, 0.4) is 0 Å². The van der Waals surface area contributed by atoms with Gasteiger partial charge in [-0.2, -0.15) is 0 Å². The van der Waals surface area contributed by atoms with Gasteiger partial charge >= 0.3 is 0 Å². The predicted molar refractivity (Wildman–Crippen MR) is 76.8 cm³/mol. The molecular formula is C15H11ClN2O. The lowest BCUT2D eigenvalue weighted by atomic mass is 10.1. The highest BCUT2D eigenvalue weighted by Gasteiger charge is 2.08. The number of hydrogen-bond donors (Lipinski definition) is 1. The third kappa shape index (κ3) is 2.33. The maximum Gasteiger partial charge on any atom is 0.265 e. The van der Waals surface area contributed by atoms with Gasteiger partial charge in [0.2, 0.25) is 0 Å². The number of aromatic nitrogens is 2. The summed E-state index contributed by atoms with van der Waals surface area (Å²) in [6, 6.07) is 18.7. The summed E-state index contributed by atoms with van der Waals surface area (Å²) < 4.78 is 1.76. The largest absolute Gasteiger partial charge is 0.268 e. The molecule has 0 aliphatic rings. The van der Waals surface area contributed by atoms with Crippen molar-refractivity contribution in [3.63, 3.8) is 0 Å². The average Bonchev–Trinajstić information content (AvgIpc) is 2.82. The standard InChI is InChI=1S/C15H11ClN2O/c16-12-6-4-5-11(9-12)14-10-15(19)17-18(14)13-7-2-1-3-8-13/h1-10H,(H,17,19). The van der Waals surface area contributed by atoms with Gasteiger partial charge in [0.05, 0.1) is 11.4 Å². The first kappa shape index (κ1) is 11.8. The van der Waals surface area contributed by atoms with Crippen LogP contribution in [0.1, 0.15) is 0 Å². The Morgan fingerprint density at radius 3 is 2.47 bits per heavy atom. The van der Waals surface area contributed by atoms with E-state index in [0.717, 1.165) is 16.9 Å². The van der Waals surface area contributed by atoms with Crippen LogP contribution in [0.5, 0.6) is 0 Å². The molecule has 4 heteroatoms. The number of aromatic amines is 1. The van der Waals surface area contributed by atoms with Crippen LogP contribution in [0.4, 0.5) is 0 Å². The number of para-hydroxylation sites is 1. The lowest BCUT2D eigenvalue weighted by Crippen LogP contribution is -2.03. The highest BCUT2D eigenvalue weighted by Crippen LogP contribution is 2.23. The smallest absolute Gasteiger partial charge is 0.265 e. The summed E-state index contributed by atoms with van der Waals surface area (Å²) in [7, 11) is 0. The van der Waals surface area contributed by atoms with E-state index in [2.05, 4.69) is 5.10 Å². The highest BCUT2D eigenvalue weighted by atomic mass is 35.5. The molecule has 0 spiro atoms. The second-order valence-electron chi connectivity index (χ2n) is 4.19. The van der Waals surface area contributed by atoms with Crippen molar-refractivity contribution in [1.29, 1.82) is 0 Å². The van der Waals surface area contributed by atoms with E-state index in [9.17, 15) is 4.79 Å². The van der Waals surface area contributed by atoms with Gasteiger partial charge in [0.15, 0.2) is 0 Å². The van der Waals surface area contributed by atoms with Crippen molar-refractivity contribution in [2.24, 2.45) is 0 Å². The second-order valence-corrected chi connectivity index (χ2v) is 4.62. The van der Waals surface area contributed by atoms with Crippen LogP contribution < -0.4 is 5.56 Å². The SMILES string of the molecule is O=c1cc(-c2cccc(Cl)c2)n(-c2ccccc2)[nH]1. The second kappa shape index (κ2) is 4.78. The molecule has 0 bridgehead atoms. The zero-order chi connectivity index (χ0) is 13.2. The molecule has 0 amide bonds. The van der Waals surface area contributed by atoms with E-state index in [1.165, 1.54) is 0 Å². The first-order valence-electron chi connectivity index (χ1n) is 5.87. The molecule has 3 nitrogen and oxygen atoms in total. The van der Waals surface area contributed by atoms with Gasteiger partial charge in [0.1, 0.15) is 0 Å². The van der Waals surface area contributed by atoms with Crippen molar-refractivity contribution < 1.29 is 0 Å². The summed E-state index contributed by atoms with van der Waals surface area (Å²) in [5.74, 6) is 0. The normalized spacial score (nSPS) is 10.6. The summed E-state index contributed by atoms with van der Waals surface area (Å²) >= 11 is 6.00. The molecule has 0 atom stereocenters. The molecule has 94 valence electrons. The molecule has 0 aliphatic carbocycles. The lowest BCUT2D eigenvalue weighted by Gasteiger charge is -2.08. The van der Waals surface area contributed by atoms with Crippen LogP contribution in [-0.4, -0.2) is 9.78 Å². The van der Waals surface area contributed by atoms with Gasteiger partial charge in [-0.15, -0.1) is 0 Å². The van der Waals surface area contributed by atoms with Crippen LogP contribution >= 0.6 is 11.6 Å². The molecule has 0 unspecified atom stereocenters. The lowest BCUT2D eigenvalue weighted by molar-refractivity contribution is 0.871. The van der Waals surface area contributed by atoms with Crippen molar-refractivity contribution in [1.82, 2.24) is 9.78 Å². The van der Waals surface area contributed by atoms with Crippen LogP contribution in [0, 0.1) is 0 Å². The first-order valence-corrected chi connectivity index (χ1v) is 6.25. The molecule has 2 aromatic carbocycles. The molecule has 0 saturated heterocycles. The molecular weight excluding hydrogens is 260 g/mol. The van der Waals surface area contributed by atoms with Crippen molar-refractivity contribution in [3.05, 3.63) is 76.0 Å². The first-order chi connectivity index (χ1) is 9.24. The Morgan fingerprint density at radius 2 is 1.74 bits per heavy atom. The van der Waals surface area contributed by atoms with E-state index in [0.29, 0.717) is 5.02 Å². The topological polar surface area (TPSA) is 37.8 Å². The van der Waals surface area contributed by atoms with Gasteiger partial charge in [-0.05, 0) is 24.3 Å². The molecule has 1 heterocycles. The molecule has 0 radical (unpaired) electrons. The van der Waals surface area contributed by atoms with E-state index in [4.69, 9.17) is 11.6 Å². The molecule has 19 heavy (non-hydrogen) atoms. The van der Waals surface area contributed by atoms with E-state index in [-0.39, 0.29) is 5.56 Å². The van der Waals surface area contributed by atoms with E-state index in [1.807, 2.05) is 54.6 Å². The van der Waals surface area contributed by atoms with Crippen molar-refractivity contribution in [3.8, 4) is 16.9 Å². The van der Waals surface area contributed by atoms with Gasteiger partial charge in [0.25, 0.3) is 5.56 Å². The fourth-order valence-corrected chi connectivity index (χ4v) is 2.22. The zero-order valence-electron chi connectivity index (χ0n) is 10.0. The van der Waals surface area contributed by atoms with Crippen LogP contribution in [0.2, 0.25) is 5.02 Å². The highest BCUT2D eigenvalue weighted by molar-refractivity contribution is 6.30. The minimum atomic E-state index is -0.140. The minimum absolute atomic E-state index is 0.140. The van der Waals surface area contributed by atoms with Gasteiger partial charge < -0.3 is 0 Å². The summed E-state index contributed by atoms with van der Waals surface area (Å²) in [4.78, 5) is 11.6. The maximum absolute atomic E-state index is 11.6. The van der Waals surface area contributed by atoms with Crippen LogP contribution in [0.25, 0.3) is 16.9 Å². The van der Waals surface area contributed by atoms with Crippen molar-refractivity contribution in [2.45, 2.75) is 0 Å². The van der Waals surface area contributed by atoms with Gasteiger partial charge in [-0.3, -0.25) is 14.6 Å². The molecule has 3 rings (SSSR count). The van der Waals surface area contributed by atoms with Gasteiger partial charge in [-0.25, -0.2) is 0 Å². The summed E-state index contributed by atoms with van der Waals surface area (Å²) in [6.45, 7) is 0. The third-order valence-corrected chi connectivity index (χ3v) is 3.10. The number of halogens is 1. The van der Waals surface area contributed by atoms with E-state index >= 15 is 0 Å². The van der Waals surface area contributed by atoms with E-state index < -0.39 is 0 Å². The fraction of sp³-hybridized carbons (Fsp3) is 0. The predicted octanol–water partition coefficient (Wildman–Crippen LogP) is 3.49. The Bertz CT molecular complexity index is 759. The number of rotatable bonds is 2. The third-order valence-electron chi connectivity index (χ3n) is 2.87. The molecule has 1 N–H and O–H groups in total. The Kier molecular flexibility index (Phi) is 2.97. The Labute approximate surface area is 115 Å². The number of hydrogen-bond acceptors (Lipinski definition) is 1. The summed E-state index contributed by atoms with van der Waals surface area (Å²) in [5.41, 5.74) is 2.45. The van der Waals surface area contributed by atoms with E-state index in [1.54, 1.807) is 10.7 Å². The molecule has 0 aliphatic heterocycles. The van der Waals surface area contributed by atoms with Crippen LogP contribution in [-0.2, 0) is 0 Å². The molecule has 3 aromatic rings. The number of benzene rings is 2. The maximum atomic E-state index is 11.6. The monoisotopic (exact) mass is 270 g/mol.